The van der Waals surface area contributed by atoms with Gasteiger partial charge in [-0.2, -0.15) is 0 Å². The quantitative estimate of drug-likeness (QED) is 0.765. The Kier molecular flexibility index (Phi) is 5.82. The summed E-state index contributed by atoms with van der Waals surface area (Å²) in [5.41, 5.74) is 15.0. The maximum absolute atomic E-state index is 12.5. The molecule has 0 fully saturated rings. The summed E-state index contributed by atoms with van der Waals surface area (Å²) < 4.78 is 12.5. The lowest BCUT2D eigenvalue weighted by Gasteiger charge is -2.17. The third kappa shape index (κ3) is 4.13. The molecule has 1 heterocycles. The van der Waals surface area contributed by atoms with Crippen LogP contribution in [0.4, 0.5) is 4.39 Å². The molecular formula is C18H24FN3O. The molecule has 4 nitrogen and oxygen atoms in total. The molecule has 0 spiro atoms. The van der Waals surface area contributed by atoms with Crippen molar-refractivity contribution in [3.05, 3.63) is 53.9 Å². The van der Waals surface area contributed by atoms with Crippen LogP contribution in [0.15, 0.2) is 42.6 Å². The zero-order chi connectivity index (χ0) is 17.0. The van der Waals surface area contributed by atoms with E-state index in [0.717, 1.165) is 16.8 Å². The minimum Gasteiger partial charge on any atom is -0.387 e. The number of hydrogen-bond donors (Lipinski definition) is 3. The molecular weight excluding hydrogens is 293 g/mol. The third-order valence-corrected chi connectivity index (χ3v) is 4.02. The van der Waals surface area contributed by atoms with Gasteiger partial charge >= 0.3 is 0 Å². The molecule has 124 valence electrons. The van der Waals surface area contributed by atoms with E-state index in [4.69, 9.17) is 11.5 Å². The van der Waals surface area contributed by atoms with Gasteiger partial charge in [-0.3, -0.25) is 4.98 Å². The van der Waals surface area contributed by atoms with Crippen LogP contribution in [0, 0.1) is 5.92 Å². The summed E-state index contributed by atoms with van der Waals surface area (Å²) in [6.45, 7) is 3.36. The number of aliphatic hydroxyl groups is 1. The maximum atomic E-state index is 12.5. The smallest absolute Gasteiger partial charge is 0.107 e. The van der Waals surface area contributed by atoms with E-state index in [1.165, 1.54) is 0 Å². The van der Waals surface area contributed by atoms with Crippen LogP contribution in [-0.4, -0.2) is 22.8 Å². The highest BCUT2D eigenvalue weighted by molar-refractivity contribution is 5.62. The number of rotatable bonds is 6. The molecule has 1 aromatic heterocycles. The average molecular weight is 317 g/mol. The predicted molar refractivity (Wildman–Crippen MR) is 90.3 cm³/mol. The van der Waals surface area contributed by atoms with E-state index >= 15 is 0 Å². The number of nitrogens with two attached hydrogens (primary N) is 2. The number of nitrogens with zero attached hydrogens (tertiary/aromatic N) is 1. The zero-order valence-corrected chi connectivity index (χ0v) is 13.5. The summed E-state index contributed by atoms with van der Waals surface area (Å²) >= 11 is 0. The second kappa shape index (κ2) is 7.64. The Morgan fingerprint density at radius 3 is 2.13 bits per heavy atom. The molecule has 2 rings (SSSR count). The molecule has 23 heavy (non-hydrogen) atoms. The van der Waals surface area contributed by atoms with Gasteiger partial charge in [0, 0.05) is 17.8 Å². The summed E-state index contributed by atoms with van der Waals surface area (Å²) in [5.74, 6) is 0.328. The van der Waals surface area contributed by atoms with Crippen LogP contribution in [0.1, 0.15) is 37.3 Å². The van der Waals surface area contributed by atoms with Crippen molar-refractivity contribution in [1.82, 2.24) is 4.98 Å². The zero-order valence-electron chi connectivity index (χ0n) is 13.5. The SMILES string of the molecule is CC(C)C(N)c1ccc(-c2ccc([C@@H](O)[C@H](N)CF)cc2)cn1. The Bertz CT molecular complexity index is 613. The predicted octanol–water partition coefficient (Wildman–Crippen LogP) is 2.73. The topological polar surface area (TPSA) is 85.2 Å². The summed E-state index contributed by atoms with van der Waals surface area (Å²) in [6.07, 6.45) is 0.787. The standard InChI is InChI=1S/C18H24FN3O/c1-11(2)17(21)16-8-7-14(10-22-16)12-3-5-13(6-4-12)18(23)15(20)9-19/h3-8,10-11,15,17-18,23H,9,20-21H2,1-2H3/t15-,17?,18-/m1/s1. The molecule has 0 aliphatic carbocycles. The van der Waals surface area contributed by atoms with E-state index in [9.17, 15) is 9.50 Å². The number of alkyl halides is 1. The van der Waals surface area contributed by atoms with E-state index in [1.54, 1.807) is 18.3 Å². The van der Waals surface area contributed by atoms with Gasteiger partial charge in [0.15, 0.2) is 0 Å². The van der Waals surface area contributed by atoms with Gasteiger partial charge in [0.05, 0.1) is 17.8 Å². The minimum atomic E-state index is -1.00. The molecule has 0 radical (unpaired) electrons. The van der Waals surface area contributed by atoms with Crippen molar-refractivity contribution in [2.24, 2.45) is 17.4 Å². The van der Waals surface area contributed by atoms with Crippen molar-refractivity contribution >= 4 is 0 Å². The number of hydrogen-bond acceptors (Lipinski definition) is 4. The molecule has 5 N–H and O–H groups in total. The highest BCUT2D eigenvalue weighted by Gasteiger charge is 2.16. The molecule has 2 aromatic rings. The molecule has 0 saturated carbocycles. The van der Waals surface area contributed by atoms with Gasteiger partial charge in [0.25, 0.3) is 0 Å². The highest BCUT2D eigenvalue weighted by Crippen LogP contribution is 2.24. The normalized spacial score (nSPS) is 15.4. The van der Waals surface area contributed by atoms with Gasteiger partial charge in [0.1, 0.15) is 6.67 Å². The maximum Gasteiger partial charge on any atom is 0.107 e. The second-order valence-corrected chi connectivity index (χ2v) is 6.13. The Labute approximate surface area is 136 Å². The lowest BCUT2D eigenvalue weighted by Crippen LogP contribution is -2.30. The Morgan fingerprint density at radius 1 is 1.04 bits per heavy atom. The molecule has 1 aromatic carbocycles. The second-order valence-electron chi connectivity index (χ2n) is 6.13. The van der Waals surface area contributed by atoms with Crippen LogP contribution < -0.4 is 11.5 Å². The largest absolute Gasteiger partial charge is 0.387 e. The minimum absolute atomic E-state index is 0.0799. The lowest BCUT2D eigenvalue weighted by molar-refractivity contribution is 0.132. The molecule has 3 atom stereocenters. The molecule has 0 amide bonds. The van der Waals surface area contributed by atoms with Crippen LogP contribution in [0.3, 0.4) is 0 Å². The van der Waals surface area contributed by atoms with Crippen LogP contribution in [0.2, 0.25) is 0 Å². The first-order valence-corrected chi connectivity index (χ1v) is 7.75. The van der Waals surface area contributed by atoms with Crippen molar-refractivity contribution in [1.29, 1.82) is 0 Å². The van der Waals surface area contributed by atoms with E-state index in [-0.39, 0.29) is 6.04 Å². The van der Waals surface area contributed by atoms with Crippen molar-refractivity contribution in [3.63, 3.8) is 0 Å². The summed E-state index contributed by atoms with van der Waals surface area (Å²) in [5, 5.41) is 9.91. The monoisotopic (exact) mass is 317 g/mol. The molecule has 0 saturated heterocycles. The van der Waals surface area contributed by atoms with Crippen LogP contribution in [0.25, 0.3) is 11.1 Å². The molecule has 0 aliphatic rings. The molecule has 1 unspecified atom stereocenters. The van der Waals surface area contributed by atoms with E-state index in [2.05, 4.69) is 18.8 Å². The first-order valence-electron chi connectivity index (χ1n) is 7.75. The van der Waals surface area contributed by atoms with Crippen LogP contribution in [0.5, 0.6) is 0 Å². The van der Waals surface area contributed by atoms with Crippen LogP contribution in [-0.2, 0) is 0 Å². The number of benzene rings is 1. The number of aromatic nitrogens is 1. The third-order valence-electron chi connectivity index (χ3n) is 4.02. The van der Waals surface area contributed by atoms with Gasteiger partial charge < -0.3 is 16.6 Å². The summed E-state index contributed by atoms with van der Waals surface area (Å²) in [7, 11) is 0. The van der Waals surface area contributed by atoms with E-state index in [0.29, 0.717) is 11.5 Å². The Balaban J connectivity index is 2.16. The fourth-order valence-corrected chi connectivity index (χ4v) is 2.32. The van der Waals surface area contributed by atoms with Gasteiger partial charge in [-0.05, 0) is 23.1 Å². The number of aliphatic hydroxyl groups excluding tert-OH is 1. The van der Waals surface area contributed by atoms with Crippen LogP contribution >= 0.6 is 0 Å². The lowest BCUT2D eigenvalue weighted by atomic mass is 9.98. The fraction of sp³-hybridized carbons (Fsp3) is 0.389. The van der Waals surface area contributed by atoms with E-state index in [1.807, 2.05) is 24.3 Å². The van der Waals surface area contributed by atoms with Gasteiger partial charge in [0.2, 0.25) is 0 Å². The highest BCUT2D eigenvalue weighted by atomic mass is 19.1. The first-order chi connectivity index (χ1) is 10.9. The van der Waals surface area contributed by atoms with Crippen molar-refractivity contribution in [2.45, 2.75) is 32.0 Å². The van der Waals surface area contributed by atoms with Gasteiger partial charge in [-0.15, -0.1) is 0 Å². The summed E-state index contributed by atoms with van der Waals surface area (Å²) in [6, 6.07) is 10.2. The van der Waals surface area contributed by atoms with Crippen molar-refractivity contribution in [2.75, 3.05) is 6.67 Å². The number of halogens is 1. The van der Waals surface area contributed by atoms with Crippen molar-refractivity contribution in [3.8, 4) is 11.1 Å². The van der Waals surface area contributed by atoms with E-state index < -0.39 is 18.8 Å². The Morgan fingerprint density at radius 2 is 1.65 bits per heavy atom. The molecule has 5 heteroatoms. The first kappa shape index (κ1) is 17.5. The molecule has 0 aliphatic heterocycles. The average Bonchev–Trinajstić information content (AvgIpc) is 2.60. The summed E-state index contributed by atoms with van der Waals surface area (Å²) in [4.78, 5) is 4.43. The Hall–Kier alpha value is -1.82. The van der Waals surface area contributed by atoms with Gasteiger partial charge in [-0.25, -0.2) is 4.39 Å². The number of pyridine rings is 1. The van der Waals surface area contributed by atoms with Crippen molar-refractivity contribution < 1.29 is 9.50 Å². The van der Waals surface area contributed by atoms with Gasteiger partial charge in [-0.1, -0.05) is 44.2 Å². The fourth-order valence-electron chi connectivity index (χ4n) is 2.32. The molecule has 0 bridgehead atoms.